The zero-order chi connectivity index (χ0) is 19.7. The number of hydrogen-bond donors (Lipinski definition) is 1. The van der Waals surface area contributed by atoms with Crippen molar-refractivity contribution in [3.63, 3.8) is 0 Å². The van der Waals surface area contributed by atoms with Crippen LogP contribution < -0.4 is 5.32 Å². The third-order valence-corrected chi connectivity index (χ3v) is 5.89. The lowest BCUT2D eigenvalue weighted by atomic mass is 9.99. The Bertz CT molecular complexity index is 974. The van der Waals surface area contributed by atoms with Crippen LogP contribution in [0, 0.1) is 0 Å². The third kappa shape index (κ3) is 3.34. The summed E-state index contributed by atoms with van der Waals surface area (Å²) in [6.07, 6.45) is 6.09. The van der Waals surface area contributed by atoms with Crippen LogP contribution in [0.4, 0.5) is 5.82 Å². The van der Waals surface area contributed by atoms with Gasteiger partial charge in [-0.3, -0.25) is 0 Å². The molecule has 0 amide bonds. The molecule has 1 aliphatic rings. The zero-order valence-electron chi connectivity index (χ0n) is 17.5. The highest BCUT2D eigenvalue weighted by Crippen LogP contribution is 2.39. The average Bonchev–Trinajstić information content (AvgIpc) is 3.31. The van der Waals surface area contributed by atoms with Crippen molar-refractivity contribution < 1.29 is 4.42 Å². The standard InChI is InChI=1S/C22H31N5O/c1-5-27(6-2)12-8-11-23-21-20-19(24-13-25-21)17-15-9-7-10-16(15)18(14(3)4)26-22(17)28-20/h13-14H,5-12H2,1-4H3,(H,23,24,25). The summed E-state index contributed by atoms with van der Waals surface area (Å²) in [5.74, 6) is 1.17. The molecular formula is C22H31N5O. The van der Waals surface area contributed by atoms with Gasteiger partial charge >= 0.3 is 0 Å². The van der Waals surface area contributed by atoms with Crippen molar-refractivity contribution in [1.82, 2.24) is 19.9 Å². The minimum Gasteiger partial charge on any atom is -0.432 e. The molecule has 4 rings (SSSR count). The number of rotatable bonds is 8. The molecule has 0 saturated heterocycles. The molecule has 0 spiro atoms. The number of fused-ring (bicyclic) bond motifs is 5. The minimum absolute atomic E-state index is 0.396. The number of pyridine rings is 1. The fourth-order valence-electron chi connectivity index (χ4n) is 4.38. The van der Waals surface area contributed by atoms with E-state index < -0.39 is 0 Å². The fourth-order valence-corrected chi connectivity index (χ4v) is 4.38. The van der Waals surface area contributed by atoms with Crippen LogP contribution in [-0.4, -0.2) is 46.0 Å². The van der Waals surface area contributed by atoms with Crippen LogP contribution in [0.2, 0.25) is 0 Å². The summed E-state index contributed by atoms with van der Waals surface area (Å²) in [5, 5.41) is 4.56. The van der Waals surface area contributed by atoms with Gasteiger partial charge in [-0.2, -0.15) is 0 Å². The molecule has 0 radical (unpaired) electrons. The summed E-state index contributed by atoms with van der Waals surface area (Å²) in [4.78, 5) is 16.4. The fraction of sp³-hybridized carbons (Fsp3) is 0.591. The molecule has 0 unspecified atom stereocenters. The quantitative estimate of drug-likeness (QED) is 0.578. The van der Waals surface area contributed by atoms with Crippen LogP contribution in [0.3, 0.4) is 0 Å². The molecule has 0 fully saturated rings. The maximum atomic E-state index is 6.21. The summed E-state index contributed by atoms with van der Waals surface area (Å²) in [5.41, 5.74) is 6.34. The molecule has 6 nitrogen and oxygen atoms in total. The van der Waals surface area contributed by atoms with E-state index in [1.54, 1.807) is 6.33 Å². The smallest absolute Gasteiger partial charge is 0.229 e. The van der Waals surface area contributed by atoms with Gasteiger partial charge in [-0.25, -0.2) is 15.0 Å². The van der Waals surface area contributed by atoms with Gasteiger partial charge < -0.3 is 14.6 Å². The Balaban J connectivity index is 1.67. The second-order valence-corrected chi connectivity index (χ2v) is 7.95. The lowest BCUT2D eigenvalue weighted by molar-refractivity contribution is 0.303. The highest BCUT2D eigenvalue weighted by Gasteiger charge is 2.26. The van der Waals surface area contributed by atoms with E-state index >= 15 is 0 Å². The van der Waals surface area contributed by atoms with E-state index in [2.05, 4.69) is 47.9 Å². The van der Waals surface area contributed by atoms with Crippen molar-refractivity contribution >= 4 is 28.0 Å². The number of aromatic nitrogens is 3. The number of hydrogen-bond acceptors (Lipinski definition) is 6. The Labute approximate surface area is 166 Å². The first-order chi connectivity index (χ1) is 13.6. The van der Waals surface area contributed by atoms with Crippen LogP contribution in [-0.2, 0) is 12.8 Å². The van der Waals surface area contributed by atoms with Crippen molar-refractivity contribution in [2.75, 3.05) is 31.5 Å². The number of aryl methyl sites for hydroxylation is 1. The molecule has 28 heavy (non-hydrogen) atoms. The average molecular weight is 382 g/mol. The molecule has 3 aromatic rings. The van der Waals surface area contributed by atoms with E-state index in [0.29, 0.717) is 11.6 Å². The SMILES string of the molecule is CCN(CC)CCCNc1ncnc2c1oc1nc(C(C)C)c3c(c12)CCC3. The Morgan fingerprint density at radius 1 is 1.14 bits per heavy atom. The molecule has 150 valence electrons. The number of nitrogens with zero attached hydrogens (tertiary/aromatic N) is 4. The van der Waals surface area contributed by atoms with Gasteiger partial charge in [0, 0.05) is 6.54 Å². The molecule has 0 atom stereocenters. The second-order valence-electron chi connectivity index (χ2n) is 7.95. The van der Waals surface area contributed by atoms with Crippen LogP contribution in [0.25, 0.3) is 22.2 Å². The van der Waals surface area contributed by atoms with Crippen LogP contribution in [0.5, 0.6) is 0 Å². The molecule has 0 saturated carbocycles. The summed E-state index contributed by atoms with van der Waals surface area (Å²) in [6.45, 7) is 13.0. The van der Waals surface area contributed by atoms with E-state index in [1.165, 1.54) is 23.2 Å². The molecule has 3 heterocycles. The largest absolute Gasteiger partial charge is 0.432 e. The van der Waals surface area contributed by atoms with Gasteiger partial charge in [0.1, 0.15) is 11.8 Å². The second kappa shape index (κ2) is 8.03. The van der Waals surface area contributed by atoms with Gasteiger partial charge in [-0.05, 0) is 62.4 Å². The molecular weight excluding hydrogens is 350 g/mol. The topological polar surface area (TPSA) is 67.1 Å². The number of nitrogens with one attached hydrogen (secondary N) is 1. The Hall–Kier alpha value is -2.21. The maximum absolute atomic E-state index is 6.21. The van der Waals surface area contributed by atoms with Gasteiger partial charge in [-0.1, -0.05) is 27.7 Å². The number of anilines is 1. The van der Waals surface area contributed by atoms with Gasteiger partial charge in [0.15, 0.2) is 11.4 Å². The first-order valence-electron chi connectivity index (χ1n) is 10.7. The summed E-state index contributed by atoms with van der Waals surface area (Å²) in [6, 6.07) is 0. The molecule has 6 heteroatoms. The first kappa shape index (κ1) is 19.1. The van der Waals surface area contributed by atoms with Gasteiger partial charge in [0.25, 0.3) is 0 Å². The van der Waals surface area contributed by atoms with E-state index in [0.717, 1.165) is 67.7 Å². The molecule has 1 aliphatic carbocycles. The first-order valence-corrected chi connectivity index (χ1v) is 10.7. The predicted molar refractivity (Wildman–Crippen MR) is 114 cm³/mol. The minimum atomic E-state index is 0.396. The Morgan fingerprint density at radius 2 is 1.93 bits per heavy atom. The molecule has 0 bridgehead atoms. The van der Waals surface area contributed by atoms with Gasteiger partial charge in [-0.15, -0.1) is 0 Å². The Morgan fingerprint density at radius 3 is 2.68 bits per heavy atom. The normalized spacial score (nSPS) is 13.9. The molecule has 1 N–H and O–H groups in total. The van der Waals surface area contributed by atoms with Crippen LogP contribution >= 0.6 is 0 Å². The summed E-state index contributed by atoms with van der Waals surface area (Å²) >= 11 is 0. The highest BCUT2D eigenvalue weighted by atomic mass is 16.3. The third-order valence-electron chi connectivity index (χ3n) is 5.89. The van der Waals surface area contributed by atoms with E-state index in [9.17, 15) is 0 Å². The van der Waals surface area contributed by atoms with Gasteiger partial charge in [0.05, 0.1) is 11.1 Å². The maximum Gasteiger partial charge on any atom is 0.229 e. The monoisotopic (exact) mass is 381 g/mol. The van der Waals surface area contributed by atoms with E-state index in [4.69, 9.17) is 9.40 Å². The lowest BCUT2D eigenvalue weighted by Gasteiger charge is -2.17. The molecule has 3 aromatic heterocycles. The lowest BCUT2D eigenvalue weighted by Crippen LogP contribution is -2.25. The summed E-state index contributed by atoms with van der Waals surface area (Å²) < 4.78 is 6.21. The zero-order valence-corrected chi connectivity index (χ0v) is 17.5. The van der Waals surface area contributed by atoms with Crippen LogP contribution in [0.1, 0.15) is 63.3 Å². The number of furan rings is 1. The highest BCUT2D eigenvalue weighted by molar-refractivity contribution is 6.06. The van der Waals surface area contributed by atoms with E-state index in [-0.39, 0.29) is 0 Å². The van der Waals surface area contributed by atoms with Crippen molar-refractivity contribution in [2.45, 2.75) is 59.3 Å². The molecule has 0 aromatic carbocycles. The van der Waals surface area contributed by atoms with Crippen LogP contribution in [0.15, 0.2) is 10.7 Å². The van der Waals surface area contributed by atoms with Crippen molar-refractivity contribution in [3.8, 4) is 0 Å². The predicted octanol–water partition coefficient (Wildman–Crippen LogP) is 4.53. The summed E-state index contributed by atoms with van der Waals surface area (Å²) in [7, 11) is 0. The van der Waals surface area contributed by atoms with Crippen molar-refractivity contribution in [2.24, 2.45) is 0 Å². The van der Waals surface area contributed by atoms with Gasteiger partial charge in [0.2, 0.25) is 5.71 Å². The Kier molecular flexibility index (Phi) is 5.49. The van der Waals surface area contributed by atoms with E-state index in [1.807, 2.05) is 0 Å². The van der Waals surface area contributed by atoms with Crippen molar-refractivity contribution in [3.05, 3.63) is 23.1 Å². The molecule has 0 aliphatic heterocycles. The van der Waals surface area contributed by atoms with Crippen molar-refractivity contribution in [1.29, 1.82) is 0 Å².